The molecule has 4 rings (SSSR count). The van der Waals surface area contributed by atoms with Crippen LogP contribution in [0.15, 0.2) is 85.1 Å². The van der Waals surface area contributed by atoms with E-state index in [0.717, 1.165) is 22.6 Å². The molecule has 0 unspecified atom stereocenters. The van der Waals surface area contributed by atoms with Crippen molar-refractivity contribution in [2.24, 2.45) is 0 Å². The standard InChI is InChI=1S/C25H20N4O2/c1-18-16-27-25(28-21-9-7-19(15-26)8-10-21)29-24(18)31-23-13-11-22(12-14-23)30-17-20-5-3-2-4-6-20/h2-14,16H,17H2,1H3,(H,27,28,29). The van der Waals surface area contributed by atoms with Crippen molar-refractivity contribution >= 4 is 11.6 Å². The number of nitrogens with zero attached hydrogens (tertiary/aromatic N) is 3. The third-order valence-corrected chi connectivity index (χ3v) is 4.48. The van der Waals surface area contributed by atoms with Crippen molar-refractivity contribution in [1.82, 2.24) is 9.97 Å². The Balaban J connectivity index is 1.41. The topological polar surface area (TPSA) is 80.1 Å². The fraction of sp³-hybridized carbons (Fsp3) is 0.0800. The summed E-state index contributed by atoms with van der Waals surface area (Å²) in [6.45, 7) is 2.40. The quantitative estimate of drug-likeness (QED) is 0.418. The first-order valence-electron chi connectivity index (χ1n) is 9.75. The molecule has 152 valence electrons. The van der Waals surface area contributed by atoms with E-state index >= 15 is 0 Å². The summed E-state index contributed by atoms with van der Waals surface area (Å²) >= 11 is 0. The van der Waals surface area contributed by atoms with Crippen LogP contribution in [0.25, 0.3) is 0 Å². The van der Waals surface area contributed by atoms with E-state index in [-0.39, 0.29) is 0 Å². The lowest BCUT2D eigenvalue weighted by Gasteiger charge is -2.11. The van der Waals surface area contributed by atoms with E-state index in [4.69, 9.17) is 14.7 Å². The molecule has 0 amide bonds. The zero-order valence-electron chi connectivity index (χ0n) is 16.9. The van der Waals surface area contributed by atoms with Crippen molar-refractivity contribution in [3.63, 3.8) is 0 Å². The Morgan fingerprint density at radius 2 is 1.61 bits per heavy atom. The van der Waals surface area contributed by atoms with E-state index in [1.807, 2.05) is 61.5 Å². The lowest BCUT2D eigenvalue weighted by molar-refractivity contribution is 0.305. The molecule has 6 nitrogen and oxygen atoms in total. The molecule has 6 heteroatoms. The maximum absolute atomic E-state index is 8.91. The Morgan fingerprint density at radius 1 is 0.903 bits per heavy atom. The Kier molecular flexibility index (Phi) is 6.05. The average Bonchev–Trinajstić information content (AvgIpc) is 2.82. The Bertz CT molecular complexity index is 1190. The van der Waals surface area contributed by atoms with Gasteiger partial charge in [-0.15, -0.1) is 0 Å². The highest BCUT2D eigenvalue weighted by Crippen LogP contribution is 2.26. The normalized spacial score (nSPS) is 10.2. The van der Waals surface area contributed by atoms with Gasteiger partial charge in [-0.25, -0.2) is 4.98 Å². The Morgan fingerprint density at radius 3 is 2.32 bits per heavy atom. The molecular weight excluding hydrogens is 388 g/mol. The second-order valence-corrected chi connectivity index (χ2v) is 6.84. The van der Waals surface area contributed by atoms with Crippen molar-refractivity contribution in [2.45, 2.75) is 13.5 Å². The SMILES string of the molecule is Cc1cnc(Nc2ccc(C#N)cc2)nc1Oc1ccc(OCc2ccccc2)cc1. The summed E-state index contributed by atoms with van der Waals surface area (Å²) in [7, 11) is 0. The van der Waals surface area contributed by atoms with Crippen LogP contribution in [0.3, 0.4) is 0 Å². The molecule has 0 fully saturated rings. The number of aryl methyl sites for hydroxylation is 1. The molecule has 0 saturated heterocycles. The van der Waals surface area contributed by atoms with E-state index in [1.54, 1.807) is 30.5 Å². The lowest BCUT2D eigenvalue weighted by Crippen LogP contribution is -2.00. The zero-order valence-corrected chi connectivity index (χ0v) is 16.9. The third-order valence-electron chi connectivity index (χ3n) is 4.48. The predicted octanol–water partition coefficient (Wildman–Crippen LogP) is 5.77. The van der Waals surface area contributed by atoms with Crippen LogP contribution in [0.4, 0.5) is 11.6 Å². The highest BCUT2D eigenvalue weighted by Gasteiger charge is 2.08. The van der Waals surface area contributed by atoms with Gasteiger partial charge in [-0.1, -0.05) is 30.3 Å². The zero-order chi connectivity index (χ0) is 21.5. The third kappa shape index (κ3) is 5.37. The number of hydrogen-bond donors (Lipinski definition) is 1. The number of anilines is 2. The van der Waals surface area contributed by atoms with Crippen LogP contribution in [-0.2, 0) is 6.61 Å². The molecule has 0 spiro atoms. The number of nitrogens with one attached hydrogen (secondary N) is 1. The van der Waals surface area contributed by atoms with Crippen molar-refractivity contribution in [2.75, 3.05) is 5.32 Å². The van der Waals surface area contributed by atoms with Crippen molar-refractivity contribution < 1.29 is 9.47 Å². The van der Waals surface area contributed by atoms with E-state index in [1.165, 1.54) is 0 Å². The number of aromatic nitrogens is 2. The van der Waals surface area contributed by atoms with Crippen LogP contribution in [0, 0.1) is 18.3 Å². The average molecular weight is 408 g/mol. The number of ether oxygens (including phenoxy) is 2. The first-order chi connectivity index (χ1) is 15.2. The Hall–Kier alpha value is -4.37. The van der Waals surface area contributed by atoms with Crippen LogP contribution >= 0.6 is 0 Å². The fourth-order valence-corrected chi connectivity index (χ4v) is 2.80. The highest BCUT2D eigenvalue weighted by atomic mass is 16.5. The van der Waals surface area contributed by atoms with Crippen LogP contribution in [0.1, 0.15) is 16.7 Å². The van der Waals surface area contributed by atoms with Gasteiger partial charge in [0.1, 0.15) is 18.1 Å². The van der Waals surface area contributed by atoms with E-state index in [0.29, 0.717) is 29.7 Å². The minimum atomic E-state index is 0.410. The second kappa shape index (κ2) is 9.42. The summed E-state index contributed by atoms with van der Waals surface area (Å²) in [6.07, 6.45) is 1.70. The molecule has 1 heterocycles. The number of benzene rings is 3. The number of hydrogen-bond acceptors (Lipinski definition) is 6. The summed E-state index contributed by atoms with van der Waals surface area (Å²) < 4.78 is 11.8. The van der Waals surface area contributed by atoms with Crippen molar-refractivity contribution in [3.8, 4) is 23.4 Å². The second-order valence-electron chi connectivity index (χ2n) is 6.84. The van der Waals surface area contributed by atoms with Gasteiger partial charge >= 0.3 is 0 Å². The van der Waals surface area contributed by atoms with E-state index in [2.05, 4.69) is 21.4 Å². The van der Waals surface area contributed by atoms with Gasteiger partial charge in [0.05, 0.1) is 11.6 Å². The van der Waals surface area contributed by atoms with Gasteiger partial charge in [-0.05, 0) is 61.0 Å². The highest BCUT2D eigenvalue weighted by molar-refractivity contribution is 5.55. The molecule has 0 bridgehead atoms. The van der Waals surface area contributed by atoms with Gasteiger partial charge in [0.15, 0.2) is 0 Å². The molecule has 0 saturated carbocycles. The Labute approximate surface area is 180 Å². The molecule has 4 aromatic rings. The van der Waals surface area contributed by atoms with Gasteiger partial charge in [0.2, 0.25) is 11.8 Å². The van der Waals surface area contributed by atoms with Gasteiger partial charge in [-0.2, -0.15) is 10.2 Å². The number of rotatable bonds is 7. The lowest BCUT2D eigenvalue weighted by atomic mass is 10.2. The van der Waals surface area contributed by atoms with Crippen molar-refractivity contribution in [1.29, 1.82) is 5.26 Å². The van der Waals surface area contributed by atoms with Gasteiger partial charge < -0.3 is 14.8 Å². The summed E-state index contributed by atoms with van der Waals surface area (Å²) in [4.78, 5) is 8.76. The van der Waals surface area contributed by atoms with Gasteiger partial charge in [0, 0.05) is 17.4 Å². The van der Waals surface area contributed by atoms with Gasteiger partial charge in [0.25, 0.3) is 0 Å². The summed E-state index contributed by atoms with van der Waals surface area (Å²) in [6, 6.07) is 26.6. The summed E-state index contributed by atoms with van der Waals surface area (Å²) in [5, 5.41) is 12.0. The molecule has 0 aliphatic carbocycles. The predicted molar refractivity (Wildman–Crippen MR) is 118 cm³/mol. The fourth-order valence-electron chi connectivity index (χ4n) is 2.80. The van der Waals surface area contributed by atoms with Crippen LogP contribution in [0.2, 0.25) is 0 Å². The minimum absolute atomic E-state index is 0.410. The first-order valence-corrected chi connectivity index (χ1v) is 9.75. The summed E-state index contributed by atoms with van der Waals surface area (Å²) in [5.41, 5.74) is 3.31. The maximum Gasteiger partial charge on any atom is 0.230 e. The molecule has 0 atom stereocenters. The molecule has 1 aromatic heterocycles. The minimum Gasteiger partial charge on any atom is -0.489 e. The van der Waals surface area contributed by atoms with E-state index < -0.39 is 0 Å². The molecule has 31 heavy (non-hydrogen) atoms. The molecule has 3 aromatic carbocycles. The van der Waals surface area contributed by atoms with Crippen LogP contribution in [-0.4, -0.2) is 9.97 Å². The largest absolute Gasteiger partial charge is 0.489 e. The molecular formula is C25H20N4O2. The molecule has 1 N–H and O–H groups in total. The van der Waals surface area contributed by atoms with Crippen molar-refractivity contribution in [3.05, 3.63) is 102 Å². The smallest absolute Gasteiger partial charge is 0.230 e. The van der Waals surface area contributed by atoms with Crippen LogP contribution in [0.5, 0.6) is 17.4 Å². The van der Waals surface area contributed by atoms with E-state index in [9.17, 15) is 0 Å². The monoisotopic (exact) mass is 408 g/mol. The number of nitriles is 1. The maximum atomic E-state index is 8.91. The summed E-state index contributed by atoms with van der Waals surface area (Å²) in [5.74, 6) is 2.29. The molecule has 0 radical (unpaired) electrons. The molecule has 0 aliphatic heterocycles. The first kappa shape index (κ1) is 19.9. The van der Waals surface area contributed by atoms with Crippen LogP contribution < -0.4 is 14.8 Å². The van der Waals surface area contributed by atoms with Gasteiger partial charge in [-0.3, -0.25) is 0 Å². The molecule has 0 aliphatic rings.